The average molecular weight is 212 g/mol. The molecule has 3 nitrogen and oxygen atoms in total. The van der Waals surface area contributed by atoms with Crippen LogP contribution in [0.2, 0.25) is 0 Å². The van der Waals surface area contributed by atoms with Crippen molar-refractivity contribution in [3.05, 3.63) is 18.0 Å². The highest BCUT2D eigenvalue weighted by Crippen LogP contribution is 2.20. The third-order valence-electron chi connectivity index (χ3n) is 2.55. The summed E-state index contributed by atoms with van der Waals surface area (Å²) in [5.74, 6) is 2.17. The number of halogens is 1. The molecule has 2 rings (SSSR count). The van der Waals surface area contributed by atoms with Gasteiger partial charge < -0.3 is 4.90 Å². The van der Waals surface area contributed by atoms with Crippen LogP contribution in [0.1, 0.15) is 12.0 Å². The van der Waals surface area contributed by atoms with Gasteiger partial charge in [0.15, 0.2) is 0 Å². The first kappa shape index (κ1) is 9.71. The van der Waals surface area contributed by atoms with Crippen LogP contribution in [-0.4, -0.2) is 28.9 Å². The van der Waals surface area contributed by atoms with Crippen LogP contribution in [0.25, 0.3) is 0 Å². The maximum Gasteiger partial charge on any atom is 0.225 e. The molecule has 1 unspecified atom stereocenters. The average Bonchev–Trinajstić information content (AvgIpc) is 2.67. The van der Waals surface area contributed by atoms with Crippen molar-refractivity contribution in [3.8, 4) is 0 Å². The minimum absolute atomic E-state index is 0.599. The molecule has 0 saturated carbocycles. The Hall–Kier alpha value is -0.830. The van der Waals surface area contributed by atoms with Crippen molar-refractivity contribution in [2.45, 2.75) is 13.3 Å². The Bertz CT molecular complexity index is 299. The second-order valence-electron chi connectivity index (χ2n) is 3.82. The summed E-state index contributed by atoms with van der Waals surface area (Å²) in [6.07, 6.45) is 4.87. The number of hydrogen-bond acceptors (Lipinski definition) is 3. The zero-order valence-electron chi connectivity index (χ0n) is 8.28. The van der Waals surface area contributed by atoms with Crippen molar-refractivity contribution in [3.63, 3.8) is 0 Å². The first-order chi connectivity index (χ1) is 6.79. The topological polar surface area (TPSA) is 29.0 Å². The van der Waals surface area contributed by atoms with Gasteiger partial charge in [0.25, 0.3) is 0 Å². The Kier molecular flexibility index (Phi) is 2.87. The van der Waals surface area contributed by atoms with Crippen LogP contribution in [0.4, 0.5) is 5.95 Å². The fourth-order valence-electron chi connectivity index (χ4n) is 1.69. The van der Waals surface area contributed by atoms with Gasteiger partial charge in [0, 0.05) is 31.4 Å². The third-order valence-corrected chi connectivity index (χ3v) is 2.99. The van der Waals surface area contributed by atoms with Crippen LogP contribution >= 0.6 is 11.6 Å². The first-order valence-corrected chi connectivity index (χ1v) is 5.42. The molecule has 0 radical (unpaired) electrons. The molecule has 1 atom stereocenters. The summed E-state index contributed by atoms with van der Waals surface area (Å²) in [4.78, 5) is 10.8. The molecule has 0 amide bonds. The molecule has 0 bridgehead atoms. The third kappa shape index (κ3) is 1.98. The number of aromatic nitrogens is 2. The van der Waals surface area contributed by atoms with Crippen LogP contribution in [0.3, 0.4) is 0 Å². The smallest absolute Gasteiger partial charge is 0.225 e. The summed E-state index contributed by atoms with van der Waals surface area (Å²) in [7, 11) is 0. The summed E-state index contributed by atoms with van der Waals surface area (Å²) in [5, 5.41) is 0. The van der Waals surface area contributed by atoms with Gasteiger partial charge in [0.05, 0.1) is 0 Å². The number of hydrogen-bond donors (Lipinski definition) is 0. The van der Waals surface area contributed by atoms with Gasteiger partial charge in [-0.1, -0.05) is 0 Å². The van der Waals surface area contributed by atoms with Gasteiger partial charge in [-0.15, -0.1) is 11.6 Å². The highest BCUT2D eigenvalue weighted by atomic mass is 35.5. The molecule has 1 fully saturated rings. The molecule has 0 N–H and O–H groups in total. The molecule has 0 aromatic carbocycles. The molecule has 76 valence electrons. The van der Waals surface area contributed by atoms with E-state index in [1.54, 1.807) is 0 Å². The predicted octanol–water partition coefficient (Wildman–Crippen LogP) is 1.85. The summed E-state index contributed by atoms with van der Waals surface area (Å²) < 4.78 is 0. The quantitative estimate of drug-likeness (QED) is 0.700. The zero-order chi connectivity index (χ0) is 9.97. The second kappa shape index (κ2) is 4.13. The molecular formula is C10H14ClN3. The number of aryl methyl sites for hydroxylation is 1. The highest BCUT2D eigenvalue weighted by molar-refractivity contribution is 6.18. The van der Waals surface area contributed by atoms with Crippen molar-refractivity contribution in [1.29, 1.82) is 0 Å². The second-order valence-corrected chi connectivity index (χ2v) is 4.12. The normalized spacial score (nSPS) is 21.6. The lowest BCUT2D eigenvalue weighted by atomic mass is 10.2. The Morgan fingerprint density at radius 1 is 1.50 bits per heavy atom. The van der Waals surface area contributed by atoms with Gasteiger partial charge in [-0.05, 0) is 24.8 Å². The summed E-state index contributed by atoms with van der Waals surface area (Å²) >= 11 is 5.82. The molecule has 1 aromatic heterocycles. The highest BCUT2D eigenvalue weighted by Gasteiger charge is 2.23. The molecule has 1 aliphatic rings. The minimum Gasteiger partial charge on any atom is -0.340 e. The van der Waals surface area contributed by atoms with Gasteiger partial charge in [0.1, 0.15) is 0 Å². The van der Waals surface area contributed by atoms with Crippen LogP contribution < -0.4 is 4.90 Å². The van der Waals surface area contributed by atoms with E-state index in [0.717, 1.165) is 36.9 Å². The van der Waals surface area contributed by atoms with E-state index in [9.17, 15) is 0 Å². The lowest BCUT2D eigenvalue weighted by Crippen LogP contribution is -2.22. The Morgan fingerprint density at radius 2 is 2.21 bits per heavy atom. The monoisotopic (exact) mass is 211 g/mol. The fraction of sp³-hybridized carbons (Fsp3) is 0.600. The maximum absolute atomic E-state index is 5.82. The zero-order valence-corrected chi connectivity index (χ0v) is 9.04. The van der Waals surface area contributed by atoms with E-state index in [0.29, 0.717) is 5.92 Å². The SMILES string of the molecule is Cc1cnc(N2CCC(CCl)C2)nc1. The summed E-state index contributed by atoms with van der Waals surface area (Å²) in [6, 6.07) is 0. The number of rotatable bonds is 2. The fourth-order valence-corrected chi connectivity index (χ4v) is 1.94. The Morgan fingerprint density at radius 3 is 2.79 bits per heavy atom. The van der Waals surface area contributed by atoms with E-state index in [4.69, 9.17) is 11.6 Å². The van der Waals surface area contributed by atoms with Crippen LogP contribution in [0.15, 0.2) is 12.4 Å². The predicted molar refractivity (Wildman–Crippen MR) is 57.8 cm³/mol. The van der Waals surface area contributed by atoms with E-state index in [1.165, 1.54) is 0 Å². The van der Waals surface area contributed by atoms with Crippen LogP contribution in [0, 0.1) is 12.8 Å². The van der Waals surface area contributed by atoms with Gasteiger partial charge in [0.2, 0.25) is 5.95 Å². The molecule has 2 heterocycles. The molecule has 14 heavy (non-hydrogen) atoms. The van der Waals surface area contributed by atoms with Crippen LogP contribution in [0.5, 0.6) is 0 Å². The van der Waals surface area contributed by atoms with E-state index in [1.807, 2.05) is 19.3 Å². The maximum atomic E-state index is 5.82. The van der Waals surface area contributed by atoms with Gasteiger partial charge in [-0.25, -0.2) is 9.97 Å². The van der Waals surface area contributed by atoms with Gasteiger partial charge in [-0.3, -0.25) is 0 Å². The molecule has 1 saturated heterocycles. The van der Waals surface area contributed by atoms with Crippen LogP contribution in [-0.2, 0) is 0 Å². The standard InChI is InChI=1S/C10H14ClN3/c1-8-5-12-10(13-6-8)14-3-2-9(4-11)7-14/h5-6,9H,2-4,7H2,1H3. The van der Waals surface area contributed by atoms with Crippen molar-refractivity contribution in [1.82, 2.24) is 9.97 Å². The Balaban J connectivity index is 2.06. The minimum atomic E-state index is 0.599. The van der Waals surface area contributed by atoms with E-state index in [2.05, 4.69) is 14.9 Å². The lowest BCUT2D eigenvalue weighted by Gasteiger charge is -2.15. The van der Waals surface area contributed by atoms with Crippen molar-refractivity contribution < 1.29 is 0 Å². The van der Waals surface area contributed by atoms with Crippen molar-refractivity contribution in [2.24, 2.45) is 5.92 Å². The van der Waals surface area contributed by atoms with Crippen molar-refractivity contribution in [2.75, 3.05) is 23.9 Å². The number of anilines is 1. The van der Waals surface area contributed by atoms with Gasteiger partial charge in [-0.2, -0.15) is 0 Å². The number of alkyl halides is 1. The van der Waals surface area contributed by atoms with E-state index in [-0.39, 0.29) is 0 Å². The molecule has 0 spiro atoms. The molecule has 4 heteroatoms. The first-order valence-electron chi connectivity index (χ1n) is 4.89. The van der Waals surface area contributed by atoms with E-state index < -0.39 is 0 Å². The van der Waals surface area contributed by atoms with Crippen molar-refractivity contribution >= 4 is 17.5 Å². The molecule has 1 aliphatic heterocycles. The molecular weight excluding hydrogens is 198 g/mol. The molecule has 0 aliphatic carbocycles. The lowest BCUT2D eigenvalue weighted by molar-refractivity contribution is 0.665. The molecule has 1 aromatic rings. The summed E-state index contributed by atoms with van der Waals surface area (Å²) in [6.45, 7) is 4.02. The number of nitrogens with zero attached hydrogens (tertiary/aromatic N) is 3. The Labute approximate surface area is 89.1 Å². The largest absolute Gasteiger partial charge is 0.340 e. The van der Waals surface area contributed by atoms with E-state index >= 15 is 0 Å². The van der Waals surface area contributed by atoms with Gasteiger partial charge >= 0.3 is 0 Å². The summed E-state index contributed by atoms with van der Waals surface area (Å²) in [5.41, 5.74) is 1.10.